The second-order valence-electron chi connectivity index (χ2n) is 3.60. The molecule has 84 valence electrons. The molecule has 4 heteroatoms. The molecule has 0 bridgehead atoms. The molecule has 1 aliphatic carbocycles. The van der Waals surface area contributed by atoms with Gasteiger partial charge in [0, 0.05) is 26.2 Å². The Balaban J connectivity index is 1.96. The summed E-state index contributed by atoms with van der Waals surface area (Å²) in [6.45, 7) is 4.00. The van der Waals surface area contributed by atoms with E-state index in [-0.39, 0.29) is 6.61 Å². The van der Waals surface area contributed by atoms with Crippen LogP contribution in [0.3, 0.4) is 0 Å². The lowest BCUT2D eigenvalue weighted by atomic mass is 10.4. The molecule has 0 saturated heterocycles. The zero-order valence-electron chi connectivity index (χ0n) is 8.95. The van der Waals surface area contributed by atoms with Crippen LogP contribution in [0.1, 0.15) is 12.8 Å². The number of rotatable bonds is 9. The third kappa shape index (κ3) is 4.91. The maximum absolute atomic E-state index is 8.85. The van der Waals surface area contributed by atoms with Gasteiger partial charge in [0.05, 0.1) is 26.4 Å². The number of hydrogen-bond acceptors (Lipinski definition) is 4. The number of methoxy groups -OCH3 is 1. The molecular formula is C10H21NO3. The Labute approximate surface area is 85.8 Å². The molecule has 0 atom stereocenters. The Bertz CT molecular complexity index is 139. The minimum absolute atomic E-state index is 0.245. The molecule has 0 aromatic carbocycles. The van der Waals surface area contributed by atoms with E-state index in [1.807, 2.05) is 0 Å². The first-order valence-corrected chi connectivity index (χ1v) is 5.30. The van der Waals surface area contributed by atoms with Crippen LogP contribution in [0.5, 0.6) is 0 Å². The van der Waals surface area contributed by atoms with Gasteiger partial charge in [-0.15, -0.1) is 0 Å². The summed E-state index contributed by atoms with van der Waals surface area (Å²) in [5.41, 5.74) is 0. The normalized spacial score (nSPS) is 16.5. The minimum Gasteiger partial charge on any atom is -0.395 e. The first kappa shape index (κ1) is 11.9. The molecule has 1 rings (SSSR count). The van der Waals surface area contributed by atoms with Gasteiger partial charge in [-0.25, -0.2) is 0 Å². The molecule has 0 unspecified atom stereocenters. The van der Waals surface area contributed by atoms with Crippen molar-refractivity contribution >= 4 is 0 Å². The van der Waals surface area contributed by atoms with E-state index in [2.05, 4.69) is 4.90 Å². The number of aliphatic hydroxyl groups excluding tert-OH is 1. The molecule has 0 radical (unpaired) electrons. The summed E-state index contributed by atoms with van der Waals surface area (Å²) in [7, 11) is 1.67. The number of nitrogens with zero attached hydrogens (tertiary/aromatic N) is 1. The van der Waals surface area contributed by atoms with Crippen LogP contribution in [0.15, 0.2) is 0 Å². The second kappa shape index (κ2) is 7.17. The van der Waals surface area contributed by atoms with Crippen molar-refractivity contribution in [3.8, 4) is 0 Å². The Kier molecular flexibility index (Phi) is 6.10. The van der Waals surface area contributed by atoms with Gasteiger partial charge in [0.15, 0.2) is 0 Å². The standard InChI is InChI=1S/C10H21NO3/c1-13-8-9-14-7-5-11(4-6-12)10-2-3-10/h10,12H,2-9H2,1H3. The molecule has 0 aromatic rings. The topological polar surface area (TPSA) is 41.9 Å². The molecule has 0 spiro atoms. The highest BCUT2D eigenvalue weighted by Gasteiger charge is 2.27. The predicted molar refractivity (Wildman–Crippen MR) is 54.4 cm³/mol. The predicted octanol–water partition coefficient (Wildman–Crippen LogP) is 0.106. The van der Waals surface area contributed by atoms with Crippen molar-refractivity contribution in [2.45, 2.75) is 18.9 Å². The third-order valence-electron chi connectivity index (χ3n) is 2.41. The zero-order chi connectivity index (χ0) is 10.2. The van der Waals surface area contributed by atoms with E-state index in [4.69, 9.17) is 14.6 Å². The highest BCUT2D eigenvalue weighted by molar-refractivity contribution is 4.84. The van der Waals surface area contributed by atoms with Crippen LogP contribution in [0.25, 0.3) is 0 Å². The van der Waals surface area contributed by atoms with Crippen LogP contribution in [0.2, 0.25) is 0 Å². The molecule has 0 heterocycles. The van der Waals surface area contributed by atoms with E-state index in [1.165, 1.54) is 12.8 Å². The summed E-state index contributed by atoms with van der Waals surface area (Å²) < 4.78 is 10.3. The van der Waals surface area contributed by atoms with E-state index in [9.17, 15) is 0 Å². The SMILES string of the molecule is COCCOCCN(CCO)C1CC1. The Hall–Kier alpha value is -0.160. The van der Waals surface area contributed by atoms with Crippen molar-refractivity contribution in [1.82, 2.24) is 4.90 Å². The van der Waals surface area contributed by atoms with Crippen molar-refractivity contribution in [3.63, 3.8) is 0 Å². The van der Waals surface area contributed by atoms with E-state index in [0.29, 0.717) is 19.3 Å². The third-order valence-corrected chi connectivity index (χ3v) is 2.41. The monoisotopic (exact) mass is 203 g/mol. The first-order valence-electron chi connectivity index (χ1n) is 5.30. The highest BCUT2D eigenvalue weighted by Crippen LogP contribution is 2.25. The molecule has 0 aromatic heterocycles. The van der Waals surface area contributed by atoms with Crippen LogP contribution in [-0.2, 0) is 9.47 Å². The maximum Gasteiger partial charge on any atom is 0.0700 e. The van der Waals surface area contributed by atoms with Crippen LogP contribution in [0.4, 0.5) is 0 Å². The smallest absolute Gasteiger partial charge is 0.0700 e. The summed E-state index contributed by atoms with van der Waals surface area (Å²) in [4.78, 5) is 2.30. The lowest BCUT2D eigenvalue weighted by Gasteiger charge is -2.20. The molecule has 4 nitrogen and oxygen atoms in total. The van der Waals surface area contributed by atoms with Gasteiger partial charge < -0.3 is 14.6 Å². The molecule has 0 amide bonds. The average Bonchev–Trinajstić information content (AvgIpc) is 2.99. The van der Waals surface area contributed by atoms with E-state index in [1.54, 1.807) is 7.11 Å². The van der Waals surface area contributed by atoms with E-state index < -0.39 is 0 Å². The van der Waals surface area contributed by atoms with Gasteiger partial charge in [0.1, 0.15) is 0 Å². The lowest BCUT2D eigenvalue weighted by molar-refractivity contribution is 0.0529. The summed E-state index contributed by atoms with van der Waals surface area (Å²) in [5, 5.41) is 8.85. The second-order valence-corrected chi connectivity index (χ2v) is 3.60. The molecule has 14 heavy (non-hydrogen) atoms. The molecular weight excluding hydrogens is 182 g/mol. The quantitative estimate of drug-likeness (QED) is 0.540. The molecule has 1 saturated carbocycles. The Morgan fingerprint density at radius 3 is 2.57 bits per heavy atom. The van der Waals surface area contributed by atoms with Crippen LogP contribution < -0.4 is 0 Å². The van der Waals surface area contributed by atoms with Crippen LogP contribution in [-0.4, -0.2) is 62.7 Å². The maximum atomic E-state index is 8.85. The summed E-state index contributed by atoms with van der Waals surface area (Å²) in [5.74, 6) is 0. The van der Waals surface area contributed by atoms with Gasteiger partial charge >= 0.3 is 0 Å². The molecule has 0 aliphatic heterocycles. The van der Waals surface area contributed by atoms with Gasteiger partial charge in [-0.1, -0.05) is 0 Å². The van der Waals surface area contributed by atoms with E-state index >= 15 is 0 Å². The zero-order valence-corrected chi connectivity index (χ0v) is 8.95. The van der Waals surface area contributed by atoms with Crippen LogP contribution in [0, 0.1) is 0 Å². The fourth-order valence-electron chi connectivity index (χ4n) is 1.47. The Morgan fingerprint density at radius 2 is 2.00 bits per heavy atom. The van der Waals surface area contributed by atoms with Crippen molar-refractivity contribution in [2.24, 2.45) is 0 Å². The summed E-state index contributed by atoms with van der Waals surface area (Å²) >= 11 is 0. The lowest BCUT2D eigenvalue weighted by Crippen LogP contribution is -2.32. The fraction of sp³-hybridized carbons (Fsp3) is 1.00. The van der Waals surface area contributed by atoms with Gasteiger partial charge in [-0.2, -0.15) is 0 Å². The Morgan fingerprint density at radius 1 is 1.21 bits per heavy atom. The number of aliphatic hydroxyl groups is 1. The van der Waals surface area contributed by atoms with Crippen molar-refractivity contribution < 1.29 is 14.6 Å². The fourth-order valence-corrected chi connectivity index (χ4v) is 1.47. The van der Waals surface area contributed by atoms with Gasteiger partial charge in [0.2, 0.25) is 0 Å². The average molecular weight is 203 g/mol. The van der Waals surface area contributed by atoms with Gasteiger partial charge in [-0.05, 0) is 12.8 Å². The van der Waals surface area contributed by atoms with Crippen molar-refractivity contribution in [1.29, 1.82) is 0 Å². The van der Waals surface area contributed by atoms with Gasteiger partial charge in [0.25, 0.3) is 0 Å². The van der Waals surface area contributed by atoms with Crippen molar-refractivity contribution in [2.75, 3.05) is 46.6 Å². The molecule has 1 N–H and O–H groups in total. The van der Waals surface area contributed by atoms with Crippen molar-refractivity contribution in [3.05, 3.63) is 0 Å². The highest BCUT2D eigenvalue weighted by atomic mass is 16.5. The molecule has 1 aliphatic rings. The minimum atomic E-state index is 0.245. The number of hydrogen-bond donors (Lipinski definition) is 1. The molecule has 1 fully saturated rings. The summed E-state index contributed by atoms with van der Waals surface area (Å²) in [6, 6.07) is 0.702. The van der Waals surface area contributed by atoms with E-state index in [0.717, 1.165) is 19.7 Å². The summed E-state index contributed by atoms with van der Waals surface area (Å²) in [6.07, 6.45) is 2.55. The number of ether oxygens (including phenoxy) is 2. The largest absolute Gasteiger partial charge is 0.395 e. The first-order chi connectivity index (χ1) is 6.88. The van der Waals surface area contributed by atoms with Crippen LogP contribution >= 0.6 is 0 Å². The van der Waals surface area contributed by atoms with Gasteiger partial charge in [-0.3, -0.25) is 4.90 Å².